The minimum absolute atomic E-state index is 0.578. The van der Waals surface area contributed by atoms with Crippen LogP contribution in [0.15, 0.2) is 48.7 Å². The first-order chi connectivity index (χ1) is 11.1. The van der Waals surface area contributed by atoms with Crippen LogP contribution in [0.3, 0.4) is 0 Å². The van der Waals surface area contributed by atoms with E-state index in [0.29, 0.717) is 10.1 Å². The van der Waals surface area contributed by atoms with Crippen LogP contribution in [0.2, 0.25) is 5.02 Å². The number of nitrogens with one attached hydrogen (secondary N) is 3. The van der Waals surface area contributed by atoms with E-state index in [9.17, 15) is 0 Å². The molecule has 23 heavy (non-hydrogen) atoms. The van der Waals surface area contributed by atoms with Gasteiger partial charge in [0.05, 0.1) is 10.7 Å². The van der Waals surface area contributed by atoms with E-state index in [2.05, 4.69) is 46.9 Å². The molecule has 0 saturated carbocycles. The van der Waals surface area contributed by atoms with E-state index in [-0.39, 0.29) is 0 Å². The van der Waals surface area contributed by atoms with Crippen LogP contribution in [-0.4, -0.2) is 16.6 Å². The third-order valence-electron chi connectivity index (χ3n) is 3.72. The van der Waals surface area contributed by atoms with E-state index >= 15 is 0 Å². The largest absolute Gasteiger partial charge is 0.362 e. The fourth-order valence-corrected chi connectivity index (χ4v) is 2.93. The molecule has 0 spiro atoms. The minimum atomic E-state index is 0.578. The van der Waals surface area contributed by atoms with Gasteiger partial charge in [-0.3, -0.25) is 0 Å². The second kappa shape index (κ2) is 7.02. The Labute approximate surface area is 146 Å². The maximum atomic E-state index is 6.11. The van der Waals surface area contributed by atoms with Gasteiger partial charge in [0, 0.05) is 23.6 Å². The minimum Gasteiger partial charge on any atom is -0.362 e. The quantitative estimate of drug-likeness (QED) is 0.603. The van der Waals surface area contributed by atoms with Gasteiger partial charge >= 0.3 is 0 Å². The molecule has 0 aliphatic rings. The van der Waals surface area contributed by atoms with Crippen molar-refractivity contribution >= 4 is 45.5 Å². The molecule has 3 aromatic rings. The molecule has 0 fully saturated rings. The number of aromatic nitrogens is 1. The molecule has 0 atom stereocenters. The van der Waals surface area contributed by atoms with Crippen molar-refractivity contribution in [3.05, 3.63) is 64.8 Å². The van der Waals surface area contributed by atoms with E-state index in [1.54, 1.807) is 0 Å². The highest BCUT2D eigenvalue weighted by atomic mass is 35.5. The number of hydrogen-bond donors (Lipinski definition) is 3. The Kier molecular flexibility index (Phi) is 4.84. The van der Waals surface area contributed by atoms with E-state index in [0.717, 1.165) is 18.7 Å². The first-order valence-electron chi connectivity index (χ1n) is 7.49. The summed E-state index contributed by atoms with van der Waals surface area (Å²) in [5.74, 6) is 0. The lowest BCUT2D eigenvalue weighted by atomic mass is 10.1. The molecular weight excluding hydrogens is 326 g/mol. The number of hydrogen-bond acceptors (Lipinski definition) is 1. The molecule has 3 rings (SSSR count). The molecule has 0 aliphatic heterocycles. The predicted octanol–water partition coefficient (Wildman–Crippen LogP) is 4.66. The summed E-state index contributed by atoms with van der Waals surface area (Å²) in [6.07, 6.45) is 2.96. The van der Waals surface area contributed by atoms with Crippen molar-refractivity contribution in [1.82, 2.24) is 10.3 Å². The zero-order valence-electron chi connectivity index (χ0n) is 12.8. The number of anilines is 1. The second-order valence-corrected chi connectivity index (χ2v) is 6.29. The second-order valence-electron chi connectivity index (χ2n) is 5.47. The number of halogens is 1. The van der Waals surface area contributed by atoms with E-state index in [4.69, 9.17) is 23.8 Å². The Hall–Kier alpha value is -2.04. The van der Waals surface area contributed by atoms with E-state index < -0.39 is 0 Å². The third-order valence-corrected chi connectivity index (χ3v) is 4.30. The predicted molar refractivity (Wildman–Crippen MR) is 102 cm³/mol. The smallest absolute Gasteiger partial charge is 0.170 e. The van der Waals surface area contributed by atoms with Gasteiger partial charge in [-0.05, 0) is 55.4 Å². The molecule has 0 unspecified atom stereocenters. The molecule has 0 saturated heterocycles. The monoisotopic (exact) mass is 343 g/mol. The fraction of sp³-hybridized carbons (Fsp3) is 0.167. The first kappa shape index (κ1) is 15.8. The van der Waals surface area contributed by atoms with Gasteiger partial charge in [0.1, 0.15) is 0 Å². The number of thiocarbonyl (C=S) groups is 1. The standard InChI is InChI=1S/C18H18ClN3S/c1-12-6-7-16-14(10-12)13(11-21-16)8-9-20-18(23)22-17-5-3-2-4-15(17)19/h2-7,10-11,21H,8-9H2,1H3,(H2,20,22,23). The molecule has 2 aromatic carbocycles. The lowest BCUT2D eigenvalue weighted by Gasteiger charge is -2.11. The molecule has 1 heterocycles. The zero-order valence-corrected chi connectivity index (χ0v) is 14.4. The third kappa shape index (κ3) is 3.84. The molecule has 1 aromatic heterocycles. The van der Waals surface area contributed by atoms with Gasteiger partial charge in [-0.2, -0.15) is 0 Å². The Morgan fingerprint density at radius 2 is 2.04 bits per heavy atom. The summed E-state index contributed by atoms with van der Waals surface area (Å²) < 4.78 is 0. The summed E-state index contributed by atoms with van der Waals surface area (Å²) in [5.41, 5.74) is 4.54. The van der Waals surface area contributed by atoms with Crippen LogP contribution < -0.4 is 10.6 Å². The Morgan fingerprint density at radius 3 is 2.87 bits per heavy atom. The van der Waals surface area contributed by atoms with Crippen LogP contribution >= 0.6 is 23.8 Å². The number of rotatable bonds is 4. The van der Waals surface area contributed by atoms with Crippen molar-refractivity contribution < 1.29 is 0 Å². The lowest BCUT2D eigenvalue weighted by molar-refractivity contribution is 0.878. The highest BCUT2D eigenvalue weighted by molar-refractivity contribution is 7.80. The van der Waals surface area contributed by atoms with Gasteiger partial charge in [0.2, 0.25) is 0 Å². The molecule has 0 aliphatic carbocycles. The molecule has 5 heteroatoms. The van der Waals surface area contributed by atoms with Gasteiger partial charge < -0.3 is 15.6 Å². The number of aromatic amines is 1. The van der Waals surface area contributed by atoms with Crippen molar-refractivity contribution in [1.29, 1.82) is 0 Å². The molecular formula is C18H18ClN3S. The van der Waals surface area contributed by atoms with Crippen LogP contribution in [0.4, 0.5) is 5.69 Å². The molecule has 0 radical (unpaired) electrons. The van der Waals surface area contributed by atoms with Gasteiger partial charge in [0.15, 0.2) is 5.11 Å². The number of benzene rings is 2. The maximum absolute atomic E-state index is 6.11. The van der Waals surface area contributed by atoms with Crippen LogP contribution in [0.5, 0.6) is 0 Å². The summed E-state index contributed by atoms with van der Waals surface area (Å²) in [6, 6.07) is 14.0. The van der Waals surface area contributed by atoms with Crippen molar-refractivity contribution in [3.63, 3.8) is 0 Å². The number of fused-ring (bicyclic) bond motifs is 1. The van der Waals surface area contributed by atoms with Gasteiger partial charge in [-0.15, -0.1) is 0 Å². The van der Waals surface area contributed by atoms with Crippen molar-refractivity contribution in [2.75, 3.05) is 11.9 Å². The van der Waals surface area contributed by atoms with Crippen LogP contribution in [0, 0.1) is 6.92 Å². The average molecular weight is 344 g/mol. The number of aryl methyl sites for hydroxylation is 1. The molecule has 0 bridgehead atoms. The Balaban J connectivity index is 1.57. The molecule has 3 N–H and O–H groups in total. The highest BCUT2D eigenvalue weighted by Gasteiger charge is 2.05. The van der Waals surface area contributed by atoms with Crippen LogP contribution in [0.1, 0.15) is 11.1 Å². The highest BCUT2D eigenvalue weighted by Crippen LogP contribution is 2.21. The lowest BCUT2D eigenvalue weighted by Crippen LogP contribution is -2.30. The summed E-state index contributed by atoms with van der Waals surface area (Å²) in [4.78, 5) is 3.31. The van der Waals surface area contributed by atoms with Crippen LogP contribution in [-0.2, 0) is 6.42 Å². The van der Waals surface area contributed by atoms with Crippen molar-refractivity contribution in [2.45, 2.75) is 13.3 Å². The summed E-state index contributed by atoms with van der Waals surface area (Å²) in [6.45, 7) is 2.87. The number of H-pyrrole nitrogens is 1. The molecule has 118 valence electrons. The Morgan fingerprint density at radius 1 is 1.22 bits per heavy atom. The summed E-state index contributed by atoms with van der Waals surface area (Å²) >= 11 is 11.4. The van der Waals surface area contributed by atoms with Crippen molar-refractivity contribution in [3.8, 4) is 0 Å². The average Bonchev–Trinajstić information content (AvgIpc) is 2.92. The summed E-state index contributed by atoms with van der Waals surface area (Å²) in [5, 5.41) is 8.85. The van der Waals surface area contributed by atoms with Gasteiger partial charge in [-0.25, -0.2) is 0 Å². The Bertz CT molecular complexity index is 841. The van der Waals surface area contributed by atoms with E-state index in [1.807, 2.05) is 24.3 Å². The summed E-state index contributed by atoms with van der Waals surface area (Å²) in [7, 11) is 0. The van der Waals surface area contributed by atoms with Gasteiger partial charge in [-0.1, -0.05) is 35.4 Å². The first-order valence-corrected chi connectivity index (χ1v) is 8.28. The van der Waals surface area contributed by atoms with Gasteiger partial charge in [0.25, 0.3) is 0 Å². The number of para-hydroxylation sites is 1. The maximum Gasteiger partial charge on any atom is 0.170 e. The van der Waals surface area contributed by atoms with Crippen molar-refractivity contribution in [2.24, 2.45) is 0 Å². The van der Waals surface area contributed by atoms with E-state index in [1.165, 1.54) is 22.0 Å². The van der Waals surface area contributed by atoms with Crippen LogP contribution in [0.25, 0.3) is 10.9 Å². The normalized spacial score (nSPS) is 10.7. The fourth-order valence-electron chi connectivity index (χ4n) is 2.54. The molecule has 3 nitrogen and oxygen atoms in total. The molecule has 0 amide bonds. The topological polar surface area (TPSA) is 39.9 Å². The SMILES string of the molecule is Cc1ccc2[nH]cc(CCNC(=S)Nc3ccccc3Cl)c2c1. The zero-order chi connectivity index (χ0) is 16.2.